The largest absolute Gasteiger partial charge is 0.198 e. The second-order valence-corrected chi connectivity index (χ2v) is 12.4. The zero-order valence-corrected chi connectivity index (χ0v) is 21.9. The first-order valence-electron chi connectivity index (χ1n) is 15.1. The summed E-state index contributed by atoms with van der Waals surface area (Å²) >= 11 is 0. The maximum absolute atomic E-state index is 10.2. The van der Waals surface area contributed by atoms with Crippen molar-refractivity contribution in [3.05, 3.63) is 0 Å². The lowest BCUT2D eigenvalue weighted by atomic mass is 9.56. The lowest BCUT2D eigenvalue weighted by Crippen LogP contribution is -2.38. The zero-order chi connectivity index (χ0) is 22.7. The topological polar surface area (TPSA) is 23.8 Å². The van der Waals surface area contributed by atoms with Crippen molar-refractivity contribution in [3.8, 4) is 6.07 Å². The molecule has 0 bridgehead atoms. The van der Waals surface area contributed by atoms with Gasteiger partial charge in [0.1, 0.15) is 0 Å². The fourth-order valence-electron chi connectivity index (χ4n) is 8.31. The van der Waals surface area contributed by atoms with Gasteiger partial charge in [0.05, 0.1) is 11.5 Å². The fraction of sp³-hybridized carbons (Fsp3) is 0.968. The third kappa shape index (κ3) is 7.00. The molecular formula is C31H55N. The third-order valence-corrected chi connectivity index (χ3v) is 10.3. The molecule has 32 heavy (non-hydrogen) atoms. The Balaban J connectivity index is 1.51. The summed E-state index contributed by atoms with van der Waals surface area (Å²) in [6, 6.07) is 2.87. The number of hydrogen-bond donors (Lipinski definition) is 0. The minimum Gasteiger partial charge on any atom is -0.198 e. The van der Waals surface area contributed by atoms with Crippen LogP contribution in [-0.2, 0) is 0 Å². The van der Waals surface area contributed by atoms with E-state index < -0.39 is 0 Å². The van der Waals surface area contributed by atoms with E-state index in [-0.39, 0.29) is 5.41 Å². The van der Waals surface area contributed by atoms with Gasteiger partial charge in [-0.25, -0.2) is 0 Å². The molecule has 3 saturated carbocycles. The van der Waals surface area contributed by atoms with Crippen molar-refractivity contribution in [1.82, 2.24) is 0 Å². The molecule has 0 spiro atoms. The van der Waals surface area contributed by atoms with E-state index in [1.807, 2.05) is 0 Å². The minimum absolute atomic E-state index is 0.0245. The van der Waals surface area contributed by atoms with E-state index in [1.165, 1.54) is 148 Å². The summed E-state index contributed by atoms with van der Waals surface area (Å²) < 4.78 is 0. The molecule has 1 nitrogen and oxygen atoms in total. The number of unbranched alkanes of at least 4 members (excludes halogenated alkanes) is 6. The van der Waals surface area contributed by atoms with Crippen molar-refractivity contribution in [2.45, 2.75) is 162 Å². The van der Waals surface area contributed by atoms with E-state index in [9.17, 15) is 5.26 Å². The van der Waals surface area contributed by atoms with Crippen LogP contribution < -0.4 is 0 Å². The summed E-state index contributed by atoms with van der Waals surface area (Å²) in [5, 5.41) is 10.2. The van der Waals surface area contributed by atoms with Crippen molar-refractivity contribution in [1.29, 1.82) is 5.26 Å². The maximum atomic E-state index is 10.2. The third-order valence-electron chi connectivity index (χ3n) is 10.3. The SMILES string of the molecule is CCCCCCCC1(C#N)CCCC(C2CCC(C3(CCCCC)CCCCC3)CC2)C1. The van der Waals surface area contributed by atoms with Gasteiger partial charge in [0.25, 0.3) is 0 Å². The van der Waals surface area contributed by atoms with E-state index in [4.69, 9.17) is 0 Å². The first-order valence-corrected chi connectivity index (χ1v) is 15.1. The summed E-state index contributed by atoms with van der Waals surface area (Å²) in [5.41, 5.74) is 0.733. The highest BCUT2D eigenvalue weighted by atomic mass is 14.5. The summed E-state index contributed by atoms with van der Waals surface area (Å²) in [6.07, 6.45) is 32.3. The molecule has 1 heteroatoms. The van der Waals surface area contributed by atoms with Crippen LogP contribution in [0.1, 0.15) is 162 Å². The molecule has 0 radical (unpaired) electrons. The van der Waals surface area contributed by atoms with Crippen LogP contribution in [0.2, 0.25) is 0 Å². The molecule has 184 valence electrons. The molecule has 2 unspecified atom stereocenters. The van der Waals surface area contributed by atoms with Gasteiger partial charge in [0.2, 0.25) is 0 Å². The van der Waals surface area contributed by atoms with Gasteiger partial charge in [-0.15, -0.1) is 0 Å². The molecule has 0 saturated heterocycles. The van der Waals surface area contributed by atoms with E-state index in [2.05, 4.69) is 19.9 Å². The van der Waals surface area contributed by atoms with Gasteiger partial charge >= 0.3 is 0 Å². The minimum atomic E-state index is 0.0245. The lowest BCUT2D eigenvalue weighted by Gasteiger charge is -2.49. The highest BCUT2D eigenvalue weighted by Gasteiger charge is 2.44. The van der Waals surface area contributed by atoms with Crippen molar-refractivity contribution >= 4 is 0 Å². The van der Waals surface area contributed by atoms with Crippen LogP contribution in [0.15, 0.2) is 0 Å². The molecule has 0 aromatic carbocycles. The second kappa shape index (κ2) is 13.4. The maximum Gasteiger partial charge on any atom is 0.0689 e. The molecule has 3 aliphatic rings. The highest BCUT2D eigenvalue weighted by Crippen LogP contribution is 2.54. The van der Waals surface area contributed by atoms with Crippen LogP contribution in [0.25, 0.3) is 0 Å². The lowest BCUT2D eigenvalue weighted by molar-refractivity contribution is 0.0246. The summed E-state index contributed by atoms with van der Waals surface area (Å²) in [6.45, 7) is 4.65. The van der Waals surface area contributed by atoms with Crippen molar-refractivity contribution in [3.63, 3.8) is 0 Å². The molecule has 0 aromatic heterocycles. The summed E-state index contributed by atoms with van der Waals surface area (Å²) in [4.78, 5) is 0. The van der Waals surface area contributed by atoms with Crippen LogP contribution in [0.4, 0.5) is 0 Å². The van der Waals surface area contributed by atoms with Crippen LogP contribution in [0, 0.1) is 39.9 Å². The van der Waals surface area contributed by atoms with Gasteiger partial charge in [0.15, 0.2) is 0 Å². The van der Waals surface area contributed by atoms with E-state index >= 15 is 0 Å². The van der Waals surface area contributed by atoms with E-state index in [1.54, 1.807) is 0 Å². The Morgan fingerprint density at radius 2 is 1.31 bits per heavy atom. The summed E-state index contributed by atoms with van der Waals surface area (Å²) in [7, 11) is 0. The molecule has 3 fully saturated rings. The monoisotopic (exact) mass is 441 g/mol. The van der Waals surface area contributed by atoms with Crippen LogP contribution in [0.3, 0.4) is 0 Å². The Labute approximate surface area is 201 Å². The predicted molar refractivity (Wildman–Crippen MR) is 138 cm³/mol. The Bertz CT molecular complexity index is 545. The average Bonchev–Trinajstić information content (AvgIpc) is 2.85. The van der Waals surface area contributed by atoms with Gasteiger partial charge < -0.3 is 0 Å². The Hall–Kier alpha value is -0.510. The van der Waals surface area contributed by atoms with E-state index in [0.29, 0.717) is 5.41 Å². The Morgan fingerprint density at radius 3 is 2.00 bits per heavy atom. The van der Waals surface area contributed by atoms with Crippen molar-refractivity contribution in [2.24, 2.45) is 28.6 Å². The van der Waals surface area contributed by atoms with Gasteiger partial charge in [-0.2, -0.15) is 5.26 Å². The number of rotatable bonds is 12. The number of hydrogen-bond acceptors (Lipinski definition) is 1. The highest BCUT2D eigenvalue weighted by molar-refractivity contribution is 5.03. The van der Waals surface area contributed by atoms with Crippen LogP contribution in [-0.4, -0.2) is 0 Å². The molecule has 0 heterocycles. The Kier molecular flexibility index (Phi) is 10.9. The molecular weight excluding hydrogens is 386 g/mol. The van der Waals surface area contributed by atoms with Gasteiger partial charge in [-0.1, -0.05) is 97.3 Å². The van der Waals surface area contributed by atoms with Gasteiger partial charge in [-0.05, 0) is 87.4 Å². The molecule has 2 atom stereocenters. The van der Waals surface area contributed by atoms with Gasteiger partial charge in [-0.3, -0.25) is 0 Å². The zero-order valence-electron chi connectivity index (χ0n) is 21.9. The smallest absolute Gasteiger partial charge is 0.0689 e. The first kappa shape index (κ1) is 26.1. The molecule has 3 aliphatic carbocycles. The standard InChI is InChI=1S/C31H55N/c1-3-5-7-8-11-20-30(26-32)21-14-15-28(25-30)27-16-18-29(19-17-27)31(22-10-6-4-2)23-12-9-13-24-31/h27-29H,3-25H2,1-2H3. The summed E-state index contributed by atoms with van der Waals surface area (Å²) in [5.74, 6) is 2.79. The average molecular weight is 442 g/mol. The second-order valence-electron chi connectivity index (χ2n) is 12.4. The first-order chi connectivity index (χ1) is 15.7. The van der Waals surface area contributed by atoms with Crippen LogP contribution in [0.5, 0.6) is 0 Å². The number of nitrogens with zero attached hydrogens (tertiary/aromatic N) is 1. The van der Waals surface area contributed by atoms with Crippen molar-refractivity contribution in [2.75, 3.05) is 0 Å². The fourth-order valence-corrected chi connectivity index (χ4v) is 8.31. The van der Waals surface area contributed by atoms with Crippen molar-refractivity contribution < 1.29 is 0 Å². The normalized spacial score (nSPS) is 33.0. The quantitative estimate of drug-likeness (QED) is 0.276. The molecule has 0 amide bonds. The molecule has 3 rings (SSSR count). The molecule has 0 N–H and O–H groups in total. The molecule has 0 aromatic rings. The molecule has 0 aliphatic heterocycles. The van der Waals surface area contributed by atoms with Gasteiger partial charge in [0, 0.05) is 0 Å². The Morgan fingerprint density at radius 1 is 0.656 bits per heavy atom. The number of nitriles is 1. The van der Waals surface area contributed by atoms with E-state index in [0.717, 1.165) is 17.8 Å². The predicted octanol–water partition coefficient (Wildman–Crippen LogP) is 10.4. The van der Waals surface area contributed by atoms with Crippen LogP contribution >= 0.6 is 0 Å².